The third-order valence-electron chi connectivity index (χ3n) is 4.46. The number of hydrogen-bond acceptors (Lipinski definition) is 2. The highest BCUT2D eigenvalue weighted by Gasteiger charge is 2.37. The van der Waals surface area contributed by atoms with Gasteiger partial charge in [0.1, 0.15) is 0 Å². The van der Waals surface area contributed by atoms with Gasteiger partial charge in [-0.1, -0.05) is 26.7 Å². The molecule has 1 heterocycles. The van der Waals surface area contributed by atoms with Crippen LogP contribution in [0.1, 0.15) is 72.6 Å². The van der Waals surface area contributed by atoms with E-state index in [4.69, 9.17) is 10.5 Å². The lowest BCUT2D eigenvalue weighted by molar-refractivity contribution is -0.0367. The van der Waals surface area contributed by atoms with E-state index in [0.717, 1.165) is 13.0 Å². The maximum atomic E-state index is 6.13. The summed E-state index contributed by atoms with van der Waals surface area (Å²) in [6, 6.07) is 0. The van der Waals surface area contributed by atoms with Gasteiger partial charge >= 0.3 is 0 Å². The van der Waals surface area contributed by atoms with Gasteiger partial charge in [-0.05, 0) is 57.9 Å². The van der Waals surface area contributed by atoms with Gasteiger partial charge in [0.25, 0.3) is 0 Å². The molecule has 0 aromatic rings. The summed E-state index contributed by atoms with van der Waals surface area (Å²) in [5.74, 6) is 0. The Morgan fingerprint density at radius 3 is 2.47 bits per heavy atom. The third kappa shape index (κ3) is 4.26. The molecular weight excluding hydrogens is 210 g/mol. The van der Waals surface area contributed by atoms with Gasteiger partial charge < -0.3 is 10.5 Å². The van der Waals surface area contributed by atoms with Gasteiger partial charge in [0.15, 0.2) is 0 Å². The normalized spacial score (nSPS) is 27.0. The Balaban J connectivity index is 2.54. The van der Waals surface area contributed by atoms with Crippen molar-refractivity contribution in [2.45, 2.75) is 84.3 Å². The standard InChI is InChI=1S/C15H31NO/c1-5-7-9-15(6-2,12-16)11-13-8-10-14(3,4)17-13/h13H,5-12,16H2,1-4H3. The van der Waals surface area contributed by atoms with Gasteiger partial charge in [0, 0.05) is 0 Å². The van der Waals surface area contributed by atoms with Gasteiger partial charge in [-0.2, -0.15) is 0 Å². The van der Waals surface area contributed by atoms with E-state index in [2.05, 4.69) is 27.7 Å². The number of hydrogen-bond donors (Lipinski definition) is 1. The summed E-state index contributed by atoms with van der Waals surface area (Å²) in [5, 5.41) is 0. The molecule has 2 nitrogen and oxygen atoms in total. The molecule has 2 unspecified atom stereocenters. The average molecular weight is 241 g/mol. The Bertz CT molecular complexity index is 221. The minimum Gasteiger partial charge on any atom is -0.372 e. The summed E-state index contributed by atoms with van der Waals surface area (Å²) in [4.78, 5) is 0. The summed E-state index contributed by atoms with van der Waals surface area (Å²) in [6.07, 6.45) is 8.99. The largest absolute Gasteiger partial charge is 0.372 e. The molecule has 0 amide bonds. The first-order chi connectivity index (χ1) is 7.97. The molecule has 1 saturated heterocycles. The van der Waals surface area contributed by atoms with Gasteiger partial charge in [0.05, 0.1) is 11.7 Å². The molecule has 1 fully saturated rings. The van der Waals surface area contributed by atoms with Crippen molar-refractivity contribution in [2.24, 2.45) is 11.1 Å². The molecule has 0 aromatic heterocycles. The Hall–Kier alpha value is -0.0800. The lowest BCUT2D eigenvalue weighted by Crippen LogP contribution is -2.34. The zero-order chi connectivity index (χ0) is 12.9. The molecule has 0 bridgehead atoms. The lowest BCUT2D eigenvalue weighted by Gasteiger charge is -2.34. The fraction of sp³-hybridized carbons (Fsp3) is 1.00. The van der Waals surface area contributed by atoms with E-state index in [-0.39, 0.29) is 5.60 Å². The predicted molar refractivity (Wildman–Crippen MR) is 74.1 cm³/mol. The summed E-state index contributed by atoms with van der Waals surface area (Å²) in [6.45, 7) is 9.75. The molecule has 1 aliphatic rings. The Morgan fingerprint density at radius 1 is 1.35 bits per heavy atom. The summed E-state index contributed by atoms with van der Waals surface area (Å²) in [5.41, 5.74) is 6.46. The first-order valence-electron chi connectivity index (χ1n) is 7.35. The molecule has 0 radical (unpaired) electrons. The first-order valence-corrected chi connectivity index (χ1v) is 7.35. The SMILES string of the molecule is CCCCC(CC)(CN)CC1CCC(C)(C)O1. The topological polar surface area (TPSA) is 35.2 Å². The minimum absolute atomic E-state index is 0.0868. The first kappa shape index (κ1) is 15.0. The highest BCUT2D eigenvalue weighted by atomic mass is 16.5. The Morgan fingerprint density at radius 2 is 2.06 bits per heavy atom. The molecule has 102 valence electrons. The number of ether oxygens (including phenoxy) is 1. The maximum Gasteiger partial charge on any atom is 0.0631 e. The minimum atomic E-state index is 0.0868. The molecule has 0 aliphatic carbocycles. The van der Waals surface area contributed by atoms with Crippen molar-refractivity contribution in [3.8, 4) is 0 Å². The predicted octanol–water partition coefficient (Wildman–Crippen LogP) is 3.88. The monoisotopic (exact) mass is 241 g/mol. The van der Waals surface area contributed by atoms with Crippen LogP contribution in [0.15, 0.2) is 0 Å². The number of nitrogens with two attached hydrogens (primary N) is 1. The van der Waals surface area contributed by atoms with Crippen molar-refractivity contribution in [1.29, 1.82) is 0 Å². The fourth-order valence-electron chi connectivity index (χ4n) is 3.01. The van der Waals surface area contributed by atoms with Crippen LogP contribution in [-0.2, 0) is 4.74 Å². The highest BCUT2D eigenvalue weighted by molar-refractivity contribution is 4.88. The van der Waals surface area contributed by atoms with Crippen LogP contribution >= 0.6 is 0 Å². The molecule has 0 saturated carbocycles. The Kier molecular flexibility index (Phi) is 5.46. The highest BCUT2D eigenvalue weighted by Crippen LogP contribution is 2.39. The fourth-order valence-corrected chi connectivity index (χ4v) is 3.01. The van der Waals surface area contributed by atoms with Crippen LogP contribution in [0.4, 0.5) is 0 Å². The number of rotatable bonds is 7. The number of unbranched alkanes of at least 4 members (excludes halogenated alkanes) is 1. The van der Waals surface area contributed by atoms with E-state index in [1.165, 1.54) is 38.5 Å². The van der Waals surface area contributed by atoms with Crippen molar-refractivity contribution >= 4 is 0 Å². The van der Waals surface area contributed by atoms with E-state index in [1.807, 2.05) is 0 Å². The van der Waals surface area contributed by atoms with Gasteiger partial charge in [-0.15, -0.1) is 0 Å². The maximum absolute atomic E-state index is 6.13. The van der Waals surface area contributed by atoms with E-state index < -0.39 is 0 Å². The molecule has 2 atom stereocenters. The quantitative estimate of drug-likeness (QED) is 0.734. The van der Waals surface area contributed by atoms with Crippen LogP contribution in [0.2, 0.25) is 0 Å². The van der Waals surface area contributed by atoms with E-state index in [1.54, 1.807) is 0 Å². The van der Waals surface area contributed by atoms with Crippen molar-refractivity contribution < 1.29 is 4.74 Å². The zero-order valence-corrected chi connectivity index (χ0v) is 12.2. The van der Waals surface area contributed by atoms with Gasteiger partial charge in [-0.3, -0.25) is 0 Å². The van der Waals surface area contributed by atoms with Crippen LogP contribution in [0.5, 0.6) is 0 Å². The zero-order valence-electron chi connectivity index (χ0n) is 12.2. The average Bonchev–Trinajstić information content (AvgIpc) is 2.64. The van der Waals surface area contributed by atoms with Gasteiger partial charge in [0.2, 0.25) is 0 Å². The molecule has 0 aromatic carbocycles. The van der Waals surface area contributed by atoms with E-state index in [9.17, 15) is 0 Å². The van der Waals surface area contributed by atoms with Crippen LogP contribution in [-0.4, -0.2) is 18.2 Å². The molecule has 0 spiro atoms. The van der Waals surface area contributed by atoms with Crippen LogP contribution in [0.3, 0.4) is 0 Å². The van der Waals surface area contributed by atoms with Gasteiger partial charge in [-0.25, -0.2) is 0 Å². The summed E-state index contributed by atoms with van der Waals surface area (Å²) < 4.78 is 6.13. The van der Waals surface area contributed by atoms with Crippen molar-refractivity contribution in [2.75, 3.05) is 6.54 Å². The molecular formula is C15H31NO. The van der Waals surface area contributed by atoms with Crippen molar-refractivity contribution in [1.82, 2.24) is 0 Å². The second kappa shape index (κ2) is 6.19. The Labute approximate surface area is 107 Å². The molecule has 1 aliphatic heterocycles. The summed E-state index contributed by atoms with van der Waals surface area (Å²) in [7, 11) is 0. The summed E-state index contributed by atoms with van der Waals surface area (Å²) >= 11 is 0. The van der Waals surface area contributed by atoms with Crippen molar-refractivity contribution in [3.05, 3.63) is 0 Å². The van der Waals surface area contributed by atoms with Crippen LogP contribution in [0, 0.1) is 5.41 Å². The molecule has 2 heteroatoms. The smallest absolute Gasteiger partial charge is 0.0631 e. The third-order valence-corrected chi connectivity index (χ3v) is 4.46. The van der Waals surface area contributed by atoms with Crippen LogP contribution in [0.25, 0.3) is 0 Å². The molecule has 17 heavy (non-hydrogen) atoms. The van der Waals surface area contributed by atoms with Crippen LogP contribution < -0.4 is 5.73 Å². The van der Waals surface area contributed by atoms with E-state index >= 15 is 0 Å². The molecule has 2 N–H and O–H groups in total. The lowest BCUT2D eigenvalue weighted by atomic mass is 9.75. The van der Waals surface area contributed by atoms with Crippen molar-refractivity contribution in [3.63, 3.8) is 0 Å². The second-order valence-corrected chi connectivity index (χ2v) is 6.40. The second-order valence-electron chi connectivity index (χ2n) is 6.40. The van der Waals surface area contributed by atoms with E-state index in [0.29, 0.717) is 11.5 Å². The molecule has 1 rings (SSSR count).